The molecule has 1 saturated carbocycles. The maximum atomic E-state index is 11.3. The van der Waals surface area contributed by atoms with E-state index in [1.54, 1.807) is 0 Å². The van der Waals surface area contributed by atoms with Gasteiger partial charge in [-0.3, -0.25) is 4.79 Å². The van der Waals surface area contributed by atoms with E-state index < -0.39 is 0 Å². The summed E-state index contributed by atoms with van der Waals surface area (Å²) < 4.78 is 0. The van der Waals surface area contributed by atoms with Crippen LogP contribution in [0.3, 0.4) is 0 Å². The van der Waals surface area contributed by atoms with Gasteiger partial charge in [0, 0.05) is 6.04 Å². The van der Waals surface area contributed by atoms with E-state index in [4.69, 9.17) is 5.26 Å². The standard InChI is InChI=1S/C13H23N3O/c1-11(12-6-4-2-3-5-7-12)16-10-13(17)15-9-8-14/h11-12,16H,2-7,9-10H2,1H3,(H,15,17)/t11-/m0/s1. The van der Waals surface area contributed by atoms with Crippen LogP contribution in [-0.4, -0.2) is 25.0 Å². The lowest BCUT2D eigenvalue weighted by Crippen LogP contribution is -2.41. The van der Waals surface area contributed by atoms with Gasteiger partial charge in [0.1, 0.15) is 6.54 Å². The van der Waals surface area contributed by atoms with E-state index >= 15 is 0 Å². The molecule has 1 atom stereocenters. The molecule has 0 aromatic rings. The number of amides is 1. The van der Waals surface area contributed by atoms with E-state index in [0.717, 1.165) is 0 Å². The summed E-state index contributed by atoms with van der Waals surface area (Å²) in [5.74, 6) is 0.605. The molecule has 4 nitrogen and oxygen atoms in total. The van der Waals surface area contributed by atoms with Gasteiger partial charge in [-0.15, -0.1) is 0 Å². The second-order valence-electron chi connectivity index (χ2n) is 4.86. The third-order valence-electron chi connectivity index (χ3n) is 3.56. The number of nitriles is 1. The SMILES string of the molecule is C[C@H](NCC(=O)NCC#N)C1CCCCCC1. The molecule has 0 spiro atoms. The predicted molar refractivity (Wildman–Crippen MR) is 67.3 cm³/mol. The van der Waals surface area contributed by atoms with E-state index in [2.05, 4.69) is 17.6 Å². The van der Waals surface area contributed by atoms with Crippen LogP contribution in [0.2, 0.25) is 0 Å². The normalized spacial score (nSPS) is 19.1. The minimum absolute atomic E-state index is 0.0907. The summed E-state index contributed by atoms with van der Waals surface area (Å²) in [4.78, 5) is 11.3. The van der Waals surface area contributed by atoms with Crippen LogP contribution in [0.4, 0.5) is 0 Å². The fourth-order valence-electron chi connectivity index (χ4n) is 2.43. The highest BCUT2D eigenvalue weighted by Crippen LogP contribution is 2.25. The van der Waals surface area contributed by atoms with Crippen LogP contribution in [0.1, 0.15) is 45.4 Å². The first-order valence-electron chi connectivity index (χ1n) is 6.61. The van der Waals surface area contributed by atoms with Crippen LogP contribution in [0.25, 0.3) is 0 Å². The highest BCUT2D eigenvalue weighted by molar-refractivity contribution is 5.78. The predicted octanol–water partition coefficient (Wildman–Crippen LogP) is 1.57. The molecule has 0 aromatic heterocycles. The second kappa shape index (κ2) is 8.08. The van der Waals surface area contributed by atoms with E-state index in [1.807, 2.05) is 6.07 Å². The Morgan fingerprint density at radius 1 is 1.35 bits per heavy atom. The molecule has 1 rings (SSSR count). The Balaban J connectivity index is 2.21. The zero-order valence-electron chi connectivity index (χ0n) is 10.7. The first-order valence-corrected chi connectivity index (χ1v) is 6.61. The summed E-state index contributed by atoms with van der Waals surface area (Å²) in [6, 6.07) is 2.29. The molecule has 4 heteroatoms. The quantitative estimate of drug-likeness (QED) is 0.563. The Kier molecular flexibility index (Phi) is 6.64. The Labute approximate surface area is 104 Å². The molecule has 1 fully saturated rings. The van der Waals surface area contributed by atoms with Gasteiger partial charge in [-0.1, -0.05) is 25.7 Å². The van der Waals surface area contributed by atoms with Crippen molar-refractivity contribution in [3.8, 4) is 6.07 Å². The maximum Gasteiger partial charge on any atom is 0.234 e. The summed E-state index contributed by atoms with van der Waals surface area (Å²) in [6.07, 6.45) is 7.88. The van der Waals surface area contributed by atoms with Gasteiger partial charge in [0.15, 0.2) is 0 Å². The first-order chi connectivity index (χ1) is 8.24. The smallest absolute Gasteiger partial charge is 0.234 e. The van der Waals surface area contributed by atoms with Crippen LogP contribution in [0.5, 0.6) is 0 Å². The zero-order valence-corrected chi connectivity index (χ0v) is 10.7. The molecule has 1 aliphatic carbocycles. The second-order valence-corrected chi connectivity index (χ2v) is 4.86. The molecule has 0 heterocycles. The van der Waals surface area contributed by atoms with Gasteiger partial charge < -0.3 is 10.6 Å². The third kappa shape index (κ3) is 5.69. The minimum Gasteiger partial charge on any atom is -0.342 e. The molecule has 17 heavy (non-hydrogen) atoms. The van der Waals surface area contributed by atoms with Gasteiger partial charge in [-0.2, -0.15) is 5.26 Å². The van der Waals surface area contributed by atoms with E-state index in [1.165, 1.54) is 38.5 Å². The van der Waals surface area contributed by atoms with E-state index in [-0.39, 0.29) is 12.5 Å². The number of carbonyl (C=O) groups is 1. The van der Waals surface area contributed by atoms with Crippen LogP contribution in [0, 0.1) is 17.2 Å². The number of nitrogens with one attached hydrogen (secondary N) is 2. The van der Waals surface area contributed by atoms with Crippen molar-refractivity contribution < 1.29 is 4.79 Å². The Morgan fingerprint density at radius 3 is 2.59 bits per heavy atom. The van der Waals surface area contributed by atoms with Crippen molar-refractivity contribution in [3.05, 3.63) is 0 Å². The highest BCUT2D eigenvalue weighted by Gasteiger charge is 2.18. The number of rotatable bonds is 5. The summed E-state index contributed by atoms with van der Waals surface area (Å²) in [6.45, 7) is 2.57. The monoisotopic (exact) mass is 237 g/mol. The summed E-state index contributed by atoms with van der Waals surface area (Å²) >= 11 is 0. The molecule has 96 valence electrons. The van der Waals surface area contributed by atoms with Gasteiger partial charge >= 0.3 is 0 Å². The molecule has 0 aliphatic heterocycles. The van der Waals surface area contributed by atoms with Crippen molar-refractivity contribution in [2.45, 2.75) is 51.5 Å². The average Bonchev–Trinajstić information content (AvgIpc) is 2.62. The summed E-state index contributed by atoms with van der Waals surface area (Å²) in [5, 5.41) is 14.2. The summed E-state index contributed by atoms with van der Waals surface area (Å²) in [7, 11) is 0. The molecule has 0 radical (unpaired) electrons. The fourth-order valence-corrected chi connectivity index (χ4v) is 2.43. The van der Waals surface area contributed by atoms with Gasteiger partial charge in [-0.25, -0.2) is 0 Å². The molecule has 0 unspecified atom stereocenters. The molecule has 1 aliphatic rings. The van der Waals surface area contributed by atoms with Crippen LogP contribution >= 0.6 is 0 Å². The van der Waals surface area contributed by atoms with Crippen molar-refractivity contribution in [2.24, 2.45) is 5.92 Å². The Bertz CT molecular complexity index is 264. The topological polar surface area (TPSA) is 64.9 Å². The third-order valence-corrected chi connectivity index (χ3v) is 3.56. The number of hydrogen-bond donors (Lipinski definition) is 2. The average molecular weight is 237 g/mol. The molecule has 0 bridgehead atoms. The van der Waals surface area contributed by atoms with Gasteiger partial charge in [-0.05, 0) is 25.7 Å². The minimum atomic E-state index is -0.0907. The number of nitrogens with zero attached hydrogens (tertiary/aromatic N) is 1. The van der Waals surface area contributed by atoms with Crippen molar-refractivity contribution in [1.29, 1.82) is 5.26 Å². The van der Waals surface area contributed by atoms with Crippen LogP contribution in [-0.2, 0) is 4.79 Å². The van der Waals surface area contributed by atoms with Crippen LogP contribution < -0.4 is 10.6 Å². The number of hydrogen-bond acceptors (Lipinski definition) is 3. The lowest BCUT2D eigenvalue weighted by Gasteiger charge is -2.23. The Morgan fingerprint density at radius 2 is 2.00 bits per heavy atom. The van der Waals surface area contributed by atoms with Crippen molar-refractivity contribution in [1.82, 2.24) is 10.6 Å². The lowest BCUT2D eigenvalue weighted by atomic mass is 9.93. The lowest BCUT2D eigenvalue weighted by molar-refractivity contribution is -0.120. The maximum absolute atomic E-state index is 11.3. The van der Waals surface area contributed by atoms with Gasteiger partial charge in [0.2, 0.25) is 5.91 Å². The summed E-state index contributed by atoms with van der Waals surface area (Å²) in [5.41, 5.74) is 0. The molecule has 0 saturated heterocycles. The fraction of sp³-hybridized carbons (Fsp3) is 0.846. The molecular weight excluding hydrogens is 214 g/mol. The van der Waals surface area contributed by atoms with Crippen molar-refractivity contribution in [3.63, 3.8) is 0 Å². The van der Waals surface area contributed by atoms with Gasteiger partial charge in [0.05, 0.1) is 12.6 Å². The van der Waals surface area contributed by atoms with E-state index in [0.29, 0.717) is 18.5 Å². The van der Waals surface area contributed by atoms with Crippen molar-refractivity contribution in [2.75, 3.05) is 13.1 Å². The van der Waals surface area contributed by atoms with Crippen molar-refractivity contribution >= 4 is 5.91 Å². The Hall–Kier alpha value is -1.08. The highest BCUT2D eigenvalue weighted by atomic mass is 16.1. The molecule has 1 amide bonds. The van der Waals surface area contributed by atoms with E-state index in [9.17, 15) is 4.79 Å². The van der Waals surface area contributed by atoms with Gasteiger partial charge in [0.25, 0.3) is 0 Å². The molecular formula is C13H23N3O. The number of carbonyl (C=O) groups excluding carboxylic acids is 1. The largest absolute Gasteiger partial charge is 0.342 e. The zero-order chi connectivity index (χ0) is 12.5. The first kappa shape index (κ1) is 14.0. The van der Waals surface area contributed by atoms with Crippen LogP contribution in [0.15, 0.2) is 0 Å². The molecule has 0 aromatic carbocycles. The molecule has 2 N–H and O–H groups in total.